The number of H-pyrrole nitrogens is 1. The van der Waals surface area contributed by atoms with Gasteiger partial charge < -0.3 is 26.0 Å². The molecule has 2 aliphatic rings. The predicted molar refractivity (Wildman–Crippen MR) is 123 cm³/mol. The van der Waals surface area contributed by atoms with E-state index in [0.29, 0.717) is 18.4 Å². The third-order valence-corrected chi connectivity index (χ3v) is 5.92. The quantitative estimate of drug-likeness (QED) is 0.394. The maximum atomic E-state index is 13.7. The Morgan fingerprint density at radius 2 is 1.97 bits per heavy atom. The second-order valence-corrected chi connectivity index (χ2v) is 8.86. The number of aromatic amines is 1. The number of piperidine rings is 1. The Morgan fingerprint density at radius 1 is 1.24 bits per heavy atom. The lowest BCUT2D eigenvalue weighted by atomic mass is 9.90. The van der Waals surface area contributed by atoms with Gasteiger partial charge in [0.05, 0.1) is 18.1 Å². The van der Waals surface area contributed by atoms with E-state index in [2.05, 4.69) is 27.9 Å². The minimum Gasteiger partial charge on any atom is -0.389 e. The number of para-hydroxylation sites is 1. The number of aliphatic hydroxyl groups is 1. The fourth-order valence-corrected chi connectivity index (χ4v) is 3.64. The number of Topliss-reactive ketones (excluding diaryl/α,β-unsaturated/α-hetero) is 1. The van der Waals surface area contributed by atoms with Crippen LogP contribution in [0.3, 0.4) is 0 Å². The van der Waals surface area contributed by atoms with Crippen LogP contribution in [0.5, 0.6) is 0 Å². The molecule has 2 fully saturated rings. The third-order valence-electron chi connectivity index (χ3n) is 5.92. The van der Waals surface area contributed by atoms with E-state index in [1.54, 1.807) is 6.07 Å². The van der Waals surface area contributed by atoms with Crippen LogP contribution in [0.2, 0.25) is 0 Å². The summed E-state index contributed by atoms with van der Waals surface area (Å²) in [5, 5.41) is 17.3. The van der Waals surface area contributed by atoms with Crippen molar-refractivity contribution < 1.29 is 28.7 Å². The SMILES string of the molecule is CC1CC1.O=C(CNC(=O)c1cc2cccc(F)c2[nH]1)NC(C[C@@H]1CCCNC1=O)C(=O)CO. The number of hydrogen-bond donors (Lipinski definition) is 5. The highest BCUT2D eigenvalue weighted by Crippen LogP contribution is 2.26. The maximum absolute atomic E-state index is 13.7. The number of halogens is 1. The lowest BCUT2D eigenvalue weighted by molar-refractivity contribution is -0.131. The summed E-state index contributed by atoms with van der Waals surface area (Å²) < 4.78 is 13.7. The number of hydrogen-bond acceptors (Lipinski definition) is 5. The number of carbonyl (C=O) groups excluding carboxylic acids is 4. The normalized spacial score (nSPS) is 18.3. The zero-order valence-electron chi connectivity index (χ0n) is 19.2. The number of nitrogens with one attached hydrogen (secondary N) is 4. The molecule has 1 saturated carbocycles. The van der Waals surface area contributed by atoms with Crippen molar-refractivity contribution in [3.63, 3.8) is 0 Å². The van der Waals surface area contributed by atoms with Gasteiger partial charge >= 0.3 is 0 Å². The number of rotatable bonds is 8. The van der Waals surface area contributed by atoms with Crippen molar-refractivity contribution in [3.8, 4) is 0 Å². The van der Waals surface area contributed by atoms with Gasteiger partial charge in [0.25, 0.3) is 5.91 Å². The molecule has 4 rings (SSSR count). The molecule has 1 aliphatic heterocycles. The molecule has 10 heteroatoms. The highest BCUT2D eigenvalue weighted by atomic mass is 19.1. The summed E-state index contributed by atoms with van der Waals surface area (Å²) in [6.07, 6.45) is 4.41. The number of carbonyl (C=O) groups is 4. The van der Waals surface area contributed by atoms with Gasteiger partial charge in [0, 0.05) is 17.8 Å². The van der Waals surface area contributed by atoms with Crippen LogP contribution in [0.1, 0.15) is 49.5 Å². The molecule has 9 nitrogen and oxygen atoms in total. The van der Waals surface area contributed by atoms with Gasteiger partial charge in [0.2, 0.25) is 11.8 Å². The minimum atomic E-state index is -1.03. The third kappa shape index (κ3) is 7.11. The van der Waals surface area contributed by atoms with Crippen LogP contribution < -0.4 is 16.0 Å². The number of ketones is 1. The highest BCUT2D eigenvalue weighted by molar-refractivity contribution is 6.00. The van der Waals surface area contributed by atoms with Gasteiger partial charge in [0.15, 0.2) is 5.78 Å². The van der Waals surface area contributed by atoms with Gasteiger partial charge in [-0.2, -0.15) is 0 Å². The van der Waals surface area contributed by atoms with Crippen LogP contribution in [0.4, 0.5) is 4.39 Å². The molecule has 2 aromatic rings. The molecule has 2 atom stereocenters. The molecule has 2 heterocycles. The van der Waals surface area contributed by atoms with E-state index in [1.807, 2.05) is 0 Å². The minimum absolute atomic E-state index is 0.0756. The van der Waals surface area contributed by atoms with Gasteiger partial charge in [-0.05, 0) is 37.3 Å². The molecule has 0 bridgehead atoms. The summed E-state index contributed by atoms with van der Waals surface area (Å²) in [5.74, 6) is -1.91. The Kier molecular flexibility index (Phi) is 8.75. The van der Waals surface area contributed by atoms with Crippen LogP contribution in [0.15, 0.2) is 24.3 Å². The summed E-state index contributed by atoms with van der Waals surface area (Å²) in [6.45, 7) is 1.65. The van der Waals surface area contributed by atoms with Crippen LogP contribution in [0, 0.1) is 17.7 Å². The number of aliphatic hydroxyl groups excluding tert-OH is 1. The van der Waals surface area contributed by atoms with Gasteiger partial charge in [-0.1, -0.05) is 31.9 Å². The summed E-state index contributed by atoms with van der Waals surface area (Å²) in [4.78, 5) is 51.1. The first-order chi connectivity index (χ1) is 16.3. The summed E-state index contributed by atoms with van der Waals surface area (Å²) in [6, 6.07) is 4.86. The van der Waals surface area contributed by atoms with Crippen molar-refractivity contribution in [2.45, 2.75) is 45.1 Å². The van der Waals surface area contributed by atoms with E-state index < -0.39 is 48.5 Å². The van der Waals surface area contributed by atoms with E-state index >= 15 is 0 Å². The Hall–Kier alpha value is -3.27. The molecule has 34 heavy (non-hydrogen) atoms. The van der Waals surface area contributed by atoms with Crippen molar-refractivity contribution in [1.82, 2.24) is 20.9 Å². The molecule has 0 radical (unpaired) electrons. The maximum Gasteiger partial charge on any atom is 0.268 e. The van der Waals surface area contributed by atoms with Crippen LogP contribution >= 0.6 is 0 Å². The fourth-order valence-electron chi connectivity index (χ4n) is 3.64. The molecule has 5 N–H and O–H groups in total. The van der Waals surface area contributed by atoms with E-state index in [1.165, 1.54) is 31.0 Å². The molecule has 1 aliphatic carbocycles. The monoisotopic (exact) mass is 474 g/mol. The van der Waals surface area contributed by atoms with Crippen molar-refractivity contribution >= 4 is 34.4 Å². The number of fused-ring (bicyclic) bond motifs is 1. The predicted octanol–water partition coefficient (Wildman–Crippen LogP) is 1.42. The van der Waals surface area contributed by atoms with Crippen molar-refractivity contribution in [2.24, 2.45) is 11.8 Å². The Bertz CT molecular complexity index is 1050. The topological polar surface area (TPSA) is 140 Å². The van der Waals surface area contributed by atoms with E-state index in [0.717, 1.165) is 12.3 Å². The molecule has 1 saturated heterocycles. The van der Waals surface area contributed by atoms with E-state index in [-0.39, 0.29) is 23.5 Å². The number of benzene rings is 1. The van der Waals surface area contributed by atoms with Gasteiger partial charge in [-0.3, -0.25) is 19.2 Å². The second-order valence-electron chi connectivity index (χ2n) is 8.86. The molecular weight excluding hydrogens is 443 g/mol. The summed E-state index contributed by atoms with van der Waals surface area (Å²) in [5.41, 5.74) is 0.274. The first kappa shape index (κ1) is 25.4. The van der Waals surface area contributed by atoms with E-state index in [4.69, 9.17) is 5.11 Å². The smallest absolute Gasteiger partial charge is 0.268 e. The molecule has 1 aromatic heterocycles. The van der Waals surface area contributed by atoms with Gasteiger partial charge in [-0.15, -0.1) is 0 Å². The first-order valence-electron chi connectivity index (χ1n) is 11.5. The van der Waals surface area contributed by atoms with Crippen molar-refractivity contribution in [2.75, 3.05) is 19.7 Å². The van der Waals surface area contributed by atoms with Crippen molar-refractivity contribution in [3.05, 3.63) is 35.8 Å². The van der Waals surface area contributed by atoms with Crippen LogP contribution in [-0.2, 0) is 14.4 Å². The molecule has 1 unspecified atom stereocenters. The van der Waals surface area contributed by atoms with E-state index in [9.17, 15) is 23.6 Å². The summed E-state index contributed by atoms with van der Waals surface area (Å²) >= 11 is 0. The summed E-state index contributed by atoms with van der Waals surface area (Å²) in [7, 11) is 0. The number of amides is 3. The largest absolute Gasteiger partial charge is 0.389 e. The lowest BCUT2D eigenvalue weighted by Gasteiger charge is -2.26. The zero-order valence-corrected chi connectivity index (χ0v) is 19.2. The molecule has 3 amide bonds. The first-order valence-corrected chi connectivity index (χ1v) is 11.5. The standard InChI is InChI=1S/C20H23FN4O5.C4H8/c21-13-5-1-3-11-7-15(25-18(11)13)20(30)23-9-17(28)24-14(16(27)10-26)8-12-4-2-6-22-19(12)29;1-4-2-3-4/h1,3,5,7,12,14,25-26H,2,4,6,8-10H2,(H,22,29)(H,23,30)(H,24,28);4H,2-3H2,1H3/t12-,14?;/m0./s1. The average Bonchev–Trinajstić information content (AvgIpc) is 3.47. The molecule has 184 valence electrons. The fraction of sp³-hybridized carbons (Fsp3) is 0.500. The van der Waals surface area contributed by atoms with Gasteiger partial charge in [0.1, 0.15) is 18.1 Å². The Labute approximate surface area is 196 Å². The van der Waals surface area contributed by atoms with Crippen LogP contribution in [0.25, 0.3) is 10.9 Å². The molecule has 0 spiro atoms. The van der Waals surface area contributed by atoms with Gasteiger partial charge in [-0.25, -0.2) is 4.39 Å². The Morgan fingerprint density at radius 3 is 2.59 bits per heavy atom. The second kappa shape index (κ2) is 11.7. The average molecular weight is 475 g/mol. The lowest BCUT2D eigenvalue weighted by Crippen LogP contribution is -2.49. The van der Waals surface area contributed by atoms with Crippen molar-refractivity contribution in [1.29, 1.82) is 0 Å². The Balaban J connectivity index is 0.000000732. The highest BCUT2D eigenvalue weighted by Gasteiger charge is 2.29. The number of aromatic nitrogens is 1. The molecule has 1 aromatic carbocycles. The van der Waals surface area contributed by atoms with Crippen LogP contribution in [-0.4, -0.2) is 59.3 Å². The zero-order chi connectivity index (χ0) is 24.7. The molecular formula is C24H31FN4O5.